The number of aromatic nitrogens is 1. The zero-order chi connectivity index (χ0) is 17.6. The summed E-state index contributed by atoms with van der Waals surface area (Å²) in [6.07, 6.45) is 1.77. The van der Waals surface area contributed by atoms with Crippen molar-refractivity contribution in [1.82, 2.24) is 9.88 Å². The number of carbonyl (C=O) groups excluding carboxylic acids is 2. The number of nitrogens with zero attached hydrogens (tertiary/aromatic N) is 2. The number of hydrogen-bond acceptors (Lipinski definition) is 6. The van der Waals surface area contributed by atoms with E-state index in [0.29, 0.717) is 19.4 Å². The predicted octanol–water partition coefficient (Wildman–Crippen LogP) is 2.17. The third-order valence-electron chi connectivity index (χ3n) is 4.26. The van der Waals surface area contributed by atoms with E-state index in [2.05, 4.69) is 4.98 Å². The molecule has 0 unspecified atom stereocenters. The van der Waals surface area contributed by atoms with Gasteiger partial charge in [-0.2, -0.15) is 0 Å². The molecule has 8 heteroatoms. The van der Waals surface area contributed by atoms with Gasteiger partial charge in [-0.1, -0.05) is 30.3 Å². The smallest absolute Gasteiger partial charge is 0.329 e. The number of ether oxygens (including phenoxy) is 1. The van der Waals surface area contributed by atoms with E-state index in [-0.39, 0.29) is 30.9 Å². The van der Waals surface area contributed by atoms with Crippen molar-refractivity contribution >= 4 is 35.6 Å². The van der Waals surface area contributed by atoms with Gasteiger partial charge in [0.2, 0.25) is 5.91 Å². The molecule has 0 spiro atoms. The van der Waals surface area contributed by atoms with Crippen molar-refractivity contribution < 1.29 is 14.3 Å². The Labute approximate surface area is 162 Å². The summed E-state index contributed by atoms with van der Waals surface area (Å²) in [6.45, 7) is 0.748. The topological polar surface area (TPSA) is 85.5 Å². The summed E-state index contributed by atoms with van der Waals surface area (Å²) >= 11 is 1.47. The molecule has 1 saturated heterocycles. The van der Waals surface area contributed by atoms with E-state index in [1.807, 2.05) is 35.7 Å². The summed E-state index contributed by atoms with van der Waals surface area (Å²) in [4.78, 5) is 30.8. The molecule has 1 fully saturated rings. The number of benzene rings is 1. The van der Waals surface area contributed by atoms with Gasteiger partial charge in [0.05, 0.1) is 17.2 Å². The van der Waals surface area contributed by atoms with Crippen molar-refractivity contribution in [3.63, 3.8) is 0 Å². The van der Waals surface area contributed by atoms with Crippen LogP contribution >= 0.6 is 23.7 Å². The zero-order valence-corrected chi connectivity index (χ0v) is 15.9. The van der Waals surface area contributed by atoms with E-state index in [1.165, 1.54) is 11.3 Å². The second kappa shape index (κ2) is 9.66. The first-order chi connectivity index (χ1) is 12.1. The molecule has 26 heavy (non-hydrogen) atoms. The largest absolute Gasteiger partial charge is 0.459 e. The summed E-state index contributed by atoms with van der Waals surface area (Å²) in [5.74, 6) is -0.581. The Balaban J connectivity index is 0.00000243. The highest BCUT2D eigenvalue weighted by Gasteiger charge is 2.37. The van der Waals surface area contributed by atoms with E-state index < -0.39 is 12.1 Å². The molecule has 2 N–H and O–H groups in total. The van der Waals surface area contributed by atoms with Gasteiger partial charge in [-0.15, -0.1) is 23.7 Å². The van der Waals surface area contributed by atoms with Crippen molar-refractivity contribution in [2.24, 2.45) is 5.73 Å². The molecule has 0 saturated carbocycles. The third-order valence-corrected chi connectivity index (χ3v) is 4.90. The maximum Gasteiger partial charge on any atom is 0.329 e. The number of hydrogen-bond donors (Lipinski definition) is 1. The molecule has 1 aliphatic rings. The Bertz CT molecular complexity index is 712. The fourth-order valence-electron chi connectivity index (χ4n) is 2.96. The Morgan fingerprint density at radius 3 is 2.81 bits per heavy atom. The molecular weight excluding hydrogens is 374 g/mol. The summed E-state index contributed by atoms with van der Waals surface area (Å²) in [5.41, 5.74) is 9.47. The lowest BCUT2D eigenvalue weighted by molar-refractivity contribution is -0.154. The molecule has 1 aromatic carbocycles. The van der Waals surface area contributed by atoms with Crippen LogP contribution in [0.5, 0.6) is 0 Å². The number of halogens is 1. The number of thiazole rings is 1. The molecule has 1 aromatic heterocycles. The Hall–Kier alpha value is -1.96. The van der Waals surface area contributed by atoms with Crippen molar-refractivity contribution in [1.29, 1.82) is 0 Å². The first-order valence-electron chi connectivity index (χ1n) is 8.29. The number of amides is 1. The minimum atomic E-state index is -0.690. The lowest BCUT2D eigenvalue weighted by atomic mass is 10.1. The number of rotatable bonds is 6. The quantitative estimate of drug-likeness (QED) is 0.757. The van der Waals surface area contributed by atoms with Gasteiger partial charge in [-0.05, 0) is 18.4 Å². The SMILES string of the molecule is Cl.N[C@@H](Cc1cscn1)C(=O)N1CCC[C@H]1C(=O)OCc1ccccc1. The average Bonchev–Trinajstić information content (AvgIpc) is 3.31. The van der Waals surface area contributed by atoms with Crippen LogP contribution in [0.4, 0.5) is 0 Å². The normalized spacial score (nSPS) is 17.4. The average molecular weight is 396 g/mol. The highest BCUT2D eigenvalue weighted by Crippen LogP contribution is 2.20. The van der Waals surface area contributed by atoms with E-state index in [1.54, 1.807) is 10.4 Å². The Morgan fingerprint density at radius 2 is 2.12 bits per heavy atom. The first kappa shape index (κ1) is 20.4. The second-order valence-corrected chi connectivity index (χ2v) is 6.79. The second-order valence-electron chi connectivity index (χ2n) is 6.07. The van der Waals surface area contributed by atoms with Gasteiger partial charge in [0.25, 0.3) is 0 Å². The van der Waals surface area contributed by atoms with Crippen LogP contribution in [-0.2, 0) is 27.4 Å². The van der Waals surface area contributed by atoms with Gasteiger partial charge in [-0.3, -0.25) is 4.79 Å². The molecule has 2 heterocycles. The minimum absolute atomic E-state index is 0. The van der Waals surface area contributed by atoms with Crippen LogP contribution in [-0.4, -0.2) is 40.4 Å². The number of nitrogens with two attached hydrogens (primary N) is 1. The summed E-state index contributed by atoms with van der Waals surface area (Å²) in [7, 11) is 0. The maximum absolute atomic E-state index is 12.6. The van der Waals surface area contributed by atoms with Gasteiger partial charge < -0.3 is 15.4 Å². The van der Waals surface area contributed by atoms with E-state index in [9.17, 15) is 9.59 Å². The van der Waals surface area contributed by atoms with Gasteiger partial charge in [0, 0.05) is 18.3 Å². The van der Waals surface area contributed by atoms with Gasteiger partial charge >= 0.3 is 5.97 Å². The Morgan fingerprint density at radius 1 is 1.35 bits per heavy atom. The van der Waals surface area contributed by atoms with Crippen LogP contribution < -0.4 is 5.73 Å². The van der Waals surface area contributed by atoms with Gasteiger partial charge in [-0.25, -0.2) is 9.78 Å². The number of carbonyl (C=O) groups is 2. The summed E-state index contributed by atoms with van der Waals surface area (Å²) in [6, 6.07) is 8.26. The number of likely N-dealkylation sites (tertiary alicyclic amines) is 1. The highest BCUT2D eigenvalue weighted by atomic mass is 35.5. The predicted molar refractivity (Wildman–Crippen MR) is 102 cm³/mol. The van der Waals surface area contributed by atoms with Gasteiger partial charge in [0.15, 0.2) is 0 Å². The van der Waals surface area contributed by atoms with Crippen molar-refractivity contribution in [3.05, 3.63) is 52.5 Å². The molecule has 2 aromatic rings. The first-order valence-corrected chi connectivity index (χ1v) is 9.23. The highest BCUT2D eigenvalue weighted by molar-refractivity contribution is 7.07. The summed E-state index contributed by atoms with van der Waals surface area (Å²) in [5, 5.41) is 1.88. The van der Waals surface area contributed by atoms with Crippen molar-refractivity contribution in [3.8, 4) is 0 Å². The van der Waals surface area contributed by atoms with Crippen molar-refractivity contribution in [2.75, 3.05) is 6.54 Å². The van der Waals surface area contributed by atoms with Crippen LogP contribution in [0.2, 0.25) is 0 Å². The third kappa shape index (κ3) is 5.03. The minimum Gasteiger partial charge on any atom is -0.459 e. The molecular formula is C18H22ClN3O3S. The van der Waals surface area contributed by atoms with Crippen molar-refractivity contribution in [2.45, 2.75) is 38.0 Å². The molecule has 1 aliphatic heterocycles. The van der Waals surface area contributed by atoms with Crippen LogP contribution in [0.25, 0.3) is 0 Å². The molecule has 0 aliphatic carbocycles. The monoisotopic (exact) mass is 395 g/mol. The van der Waals surface area contributed by atoms with E-state index in [4.69, 9.17) is 10.5 Å². The van der Waals surface area contributed by atoms with Gasteiger partial charge in [0.1, 0.15) is 12.6 Å². The molecule has 0 bridgehead atoms. The van der Waals surface area contributed by atoms with E-state index >= 15 is 0 Å². The van der Waals surface area contributed by atoms with Crippen LogP contribution in [0.1, 0.15) is 24.1 Å². The molecule has 2 atom stereocenters. The van der Waals surface area contributed by atoms with E-state index in [0.717, 1.165) is 17.7 Å². The lowest BCUT2D eigenvalue weighted by Gasteiger charge is -2.26. The number of esters is 1. The fourth-order valence-corrected chi connectivity index (χ4v) is 3.54. The summed E-state index contributed by atoms with van der Waals surface area (Å²) < 4.78 is 5.39. The standard InChI is InChI=1S/C18H21N3O3S.ClH/c19-15(9-14-11-25-12-20-14)17(22)21-8-4-7-16(21)18(23)24-10-13-5-2-1-3-6-13;/h1-3,5-6,11-12,15-16H,4,7-10,19H2;1H/t15-,16-;/m0./s1. The zero-order valence-electron chi connectivity index (χ0n) is 14.2. The van der Waals surface area contributed by atoms with Crippen LogP contribution in [0.3, 0.4) is 0 Å². The molecule has 140 valence electrons. The molecule has 6 nitrogen and oxygen atoms in total. The maximum atomic E-state index is 12.6. The molecule has 0 radical (unpaired) electrons. The molecule has 1 amide bonds. The Kier molecular flexibility index (Phi) is 7.56. The van der Waals surface area contributed by atoms with Crippen LogP contribution in [0, 0.1) is 0 Å². The molecule has 3 rings (SSSR count). The fraction of sp³-hybridized carbons (Fsp3) is 0.389. The lowest BCUT2D eigenvalue weighted by Crippen LogP contribution is -2.49. The van der Waals surface area contributed by atoms with Crippen LogP contribution in [0.15, 0.2) is 41.2 Å².